The number of alkyl halides is 3. The third-order valence-corrected chi connectivity index (χ3v) is 4.87. The Bertz CT molecular complexity index is 1210. The summed E-state index contributed by atoms with van der Waals surface area (Å²) in [6.45, 7) is 1.74. The van der Waals surface area contributed by atoms with E-state index in [2.05, 4.69) is 46.3 Å². The molecule has 4 aromatic rings. The molecule has 0 fully saturated rings. The smallest absolute Gasteiger partial charge is 0.360 e. The Kier molecular flexibility index (Phi) is 5.10. The molecular weight excluding hydrogens is 470 g/mol. The second-order valence-electron chi connectivity index (χ2n) is 6.30. The molecular formula is C18H12BrF4N7. The van der Waals surface area contributed by atoms with Gasteiger partial charge < -0.3 is 5.32 Å². The largest absolute Gasteiger partial charge is 0.416 e. The molecule has 154 valence electrons. The molecule has 0 radical (unpaired) electrons. The van der Waals surface area contributed by atoms with Gasteiger partial charge in [-0.2, -0.15) is 23.0 Å². The van der Waals surface area contributed by atoms with Gasteiger partial charge in [-0.05, 0) is 47.1 Å². The summed E-state index contributed by atoms with van der Waals surface area (Å²) in [6.07, 6.45) is -0.923. The number of hydrogen-bond acceptors (Lipinski definition) is 6. The van der Waals surface area contributed by atoms with Crippen molar-refractivity contribution in [3.05, 3.63) is 64.8 Å². The van der Waals surface area contributed by atoms with Gasteiger partial charge in [0, 0.05) is 9.86 Å². The lowest BCUT2D eigenvalue weighted by Gasteiger charge is -2.17. The molecule has 0 spiro atoms. The van der Waals surface area contributed by atoms with E-state index in [0.29, 0.717) is 17.2 Å². The number of nitrogens with one attached hydrogen (secondary N) is 1. The molecule has 0 aliphatic rings. The van der Waals surface area contributed by atoms with Crippen LogP contribution in [0.15, 0.2) is 47.6 Å². The predicted molar refractivity (Wildman–Crippen MR) is 103 cm³/mol. The van der Waals surface area contributed by atoms with Crippen LogP contribution in [0.5, 0.6) is 0 Å². The number of rotatable bonds is 4. The molecule has 3 heterocycles. The van der Waals surface area contributed by atoms with E-state index in [1.807, 2.05) is 0 Å². The third kappa shape index (κ3) is 3.82. The Balaban J connectivity index is 1.73. The Morgan fingerprint density at radius 2 is 1.87 bits per heavy atom. The molecule has 7 nitrogen and oxygen atoms in total. The van der Waals surface area contributed by atoms with Gasteiger partial charge in [-0.1, -0.05) is 0 Å². The van der Waals surface area contributed by atoms with E-state index in [1.165, 1.54) is 29.5 Å². The second-order valence-corrected chi connectivity index (χ2v) is 7.16. The van der Waals surface area contributed by atoms with Crippen LogP contribution in [0.25, 0.3) is 16.7 Å². The molecule has 1 N–H and O–H groups in total. The van der Waals surface area contributed by atoms with E-state index in [4.69, 9.17) is 0 Å². The summed E-state index contributed by atoms with van der Waals surface area (Å²) in [5.74, 6) is 0.449. The van der Waals surface area contributed by atoms with Crippen molar-refractivity contribution in [1.29, 1.82) is 0 Å². The summed E-state index contributed by atoms with van der Waals surface area (Å²) in [7, 11) is 0. The van der Waals surface area contributed by atoms with E-state index < -0.39 is 23.6 Å². The average Bonchev–Trinajstić information content (AvgIpc) is 3.18. The highest BCUT2D eigenvalue weighted by Crippen LogP contribution is 2.36. The predicted octanol–water partition coefficient (Wildman–Crippen LogP) is 4.70. The highest BCUT2D eigenvalue weighted by Gasteiger charge is 2.32. The van der Waals surface area contributed by atoms with Crippen molar-refractivity contribution in [2.45, 2.75) is 19.1 Å². The first kappa shape index (κ1) is 20.1. The van der Waals surface area contributed by atoms with Crippen molar-refractivity contribution >= 4 is 32.7 Å². The van der Waals surface area contributed by atoms with Crippen LogP contribution in [0.2, 0.25) is 0 Å². The Morgan fingerprint density at radius 3 is 2.57 bits per heavy atom. The van der Waals surface area contributed by atoms with Gasteiger partial charge in [-0.3, -0.25) is 0 Å². The number of nitrogens with zero attached hydrogens (tertiary/aromatic N) is 6. The molecule has 0 saturated carbocycles. The quantitative estimate of drug-likeness (QED) is 0.425. The molecule has 0 saturated heterocycles. The van der Waals surface area contributed by atoms with Gasteiger partial charge in [0.1, 0.15) is 24.3 Å². The van der Waals surface area contributed by atoms with Crippen LogP contribution < -0.4 is 5.32 Å². The summed E-state index contributed by atoms with van der Waals surface area (Å²) in [5.41, 5.74) is -0.500. The third-order valence-electron chi connectivity index (χ3n) is 4.26. The zero-order valence-electron chi connectivity index (χ0n) is 15.2. The van der Waals surface area contributed by atoms with Crippen LogP contribution in [-0.4, -0.2) is 29.7 Å². The lowest BCUT2D eigenvalue weighted by Crippen LogP contribution is -2.15. The second kappa shape index (κ2) is 7.59. The molecule has 3 aromatic heterocycles. The zero-order chi connectivity index (χ0) is 21.5. The lowest BCUT2D eigenvalue weighted by atomic mass is 10.1. The number of benzene rings is 1. The number of hydrogen-bond donors (Lipinski definition) is 1. The van der Waals surface area contributed by atoms with Gasteiger partial charge in [-0.15, -0.1) is 0 Å². The van der Waals surface area contributed by atoms with Crippen molar-refractivity contribution in [1.82, 2.24) is 29.7 Å². The Morgan fingerprint density at radius 1 is 1.07 bits per heavy atom. The zero-order valence-corrected chi connectivity index (χ0v) is 16.8. The fourth-order valence-corrected chi connectivity index (χ4v) is 3.45. The molecule has 0 aliphatic carbocycles. The van der Waals surface area contributed by atoms with Crippen molar-refractivity contribution in [2.75, 3.05) is 5.32 Å². The highest BCUT2D eigenvalue weighted by atomic mass is 79.9. The fraction of sp³-hybridized carbons (Fsp3) is 0.167. The summed E-state index contributed by atoms with van der Waals surface area (Å²) < 4.78 is 54.5. The first-order valence-corrected chi connectivity index (χ1v) is 9.33. The van der Waals surface area contributed by atoms with Crippen molar-refractivity contribution in [3.8, 4) is 5.82 Å². The van der Waals surface area contributed by atoms with E-state index in [-0.39, 0.29) is 15.7 Å². The number of halogens is 5. The van der Waals surface area contributed by atoms with Crippen molar-refractivity contribution in [2.24, 2.45) is 0 Å². The molecule has 1 aromatic carbocycles. The summed E-state index contributed by atoms with van der Waals surface area (Å²) in [5, 5.41) is 7.34. The van der Waals surface area contributed by atoms with E-state index in [0.717, 1.165) is 18.3 Å². The van der Waals surface area contributed by atoms with Gasteiger partial charge in [0.25, 0.3) is 0 Å². The molecule has 1 atom stereocenters. The standard InChI is InChI=1S/C18H12BrF4N7/c1-9(17-27-8-28-30(17)14-3-2-11(20)6-24-14)29-16-12-4-10(18(21,22)23)5-13(19)15(12)25-7-26-16/h2-9H,1H3,(H,25,26,29). The molecule has 0 amide bonds. The monoisotopic (exact) mass is 481 g/mol. The van der Waals surface area contributed by atoms with Gasteiger partial charge in [0.05, 0.1) is 23.3 Å². The minimum absolute atomic E-state index is 0.192. The summed E-state index contributed by atoms with van der Waals surface area (Å²) in [4.78, 5) is 16.3. The topological polar surface area (TPSA) is 81.4 Å². The first-order valence-electron chi connectivity index (χ1n) is 8.54. The minimum atomic E-state index is -4.52. The lowest BCUT2D eigenvalue weighted by molar-refractivity contribution is -0.137. The van der Waals surface area contributed by atoms with E-state index >= 15 is 0 Å². The molecule has 12 heteroatoms. The van der Waals surface area contributed by atoms with Crippen LogP contribution >= 0.6 is 15.9 Å². The molecule has 0 bridgehead atoms. The van der Waals surface area contributed by atoms with Crippen LogP contribution in [0.1, 0.15) is 24.4 Å². The molecule has 4 rings (SSSR count). The van der Waals surface area contributed by atoms with Gasteiger partial charge in [-0.25, -0.2) is 24.3 Å². The average molecular weight is 482 g/mol. The van der Waals surface area contributed by atoms with Crippen molar-refractivity contribution in [3.63, 3.8) is 0 Å². The maximum absolute atomic E-state index is 13.2. The van der Waals surface area contributed by atoms with E-state index in [1.54, 1.807) is 6.92 Å². The molecule has 30 heavy (non-hydrogen) atoms. The maximum Gasteiger partial charge on any atom is 0.416 e. The maximum atomic E-state index is 13.2. The minimum Gasteiger partial charge on any atom is -0.360 e. The van der Waals surface area contributed by atoms with Crippen molar-refractivity contribution < 1.29 is 17.6 Å². The van der Waals surface area contributed by atoms with E-state index in [9.17, 15) is 17.6 Å². The number of pyridine rings is 1. The number of anilines is 1. The van der Waals surface area contributed by atoms with Crippen LogP contribution in [-0.2, 0) is 6.18 Å². The fourth-order valence-electron chi connectivity index (χ4n) is 2.89. The number of fused-ring (bicyclic) bond motifs is 1. The summed E-state index contributed by atoms with van der Waals surface area (Å²) >= 11 is 3.14. The van der Waals surface area contributed by atoms with Gasteiger partial charge in [0.2, 0.25) is 0 Å². The summed E-state index contributed by atoms with van der Waals surface area (Å²) in [6, 6.07) is 4.11. The number of aromatic nitrogens is 6. The molecule has 0 aliphatic heterocycles. The first-order chi connectivity index (χ1) is 14.2. The van der Waals surface area contributed by atoms with Crippen LogP contribution in [0.4, 0.5) is 23.4 Å². The Hall–Kier alpha value is -3.15. The van der Waals surface area contributed by atoms with Gasteiger partial charge >= 0.3 is 6.18 Å². The normalized spacial score (nSPS) is 12.9. The SMILES string of the molecule is CC(Nc1ncnc2c(Br)cc(C(F)(F)F)cc12)c1ncnn1-c1ccc(F)cn1. The Labute approximate surface area is 175 Å². The van der Waals surface area contributed by atoms with Gasteiger partial charge in [0.15, 0.2) is 11.6 Å². The molecule has 1 unspecified atom stereocenters. The van der Waals surface area contributed by atoms with Crippen LogP contribution in [0, 0.1) is 5.82 Å². The highest BCUT2D eigenvalue weighted by molar-refractivity contribution is 9.10. The van der Waals surface area contributed by atoms with Crippen LogP contribution in [0.3, 0.4) is 0 Å².